The first kappa shape index (κ1) is 15.2. The number of morpholine rings is 1. The van der Waals surface area contributed by atoms with E-state index >= 15 is 0 Å². The minimum absolute atomic E-state index is 0.0578. The van der Waals surface area contributed by atoms with Crippen LogP contribution in [0.3, 0.4) is 0 Å². The van der Waals surface area contributed by atoms with Gasteiger partial charge in [0.05, 0.1) is 19.3 Å². The standard InChI is InChI=1S/C15H25N3O2/c1-3-6-16-12(2)14-5-4-7-17-15(14)18-8-9-20-13(10-18)11-19/h4-5,7,12-13,16,19H,3,6,8-11H2,1-2H3. The Hall–Kier alpha value is -1.17. The number of hydrogen-bond acceptors (Lipinski definition) is 5. The van der Waals surface area contributed by atoms with E-state index in [1.807, 2.05) is 12.3 Å². The fourth-order valence-electron chi connectivity index (χ4n) is 2.50. The fourth-order valence-corrected chi connectivity index (χ4v) is 2.50. The molecule has 0 amide bonds. The lowest BCUT2D eigenvalue weighted by Crippen LogP contribution is -2.45. The Labute approximate surface area is 121 Å². The second-order valence-electron chi connectivity index (χ2n) is 5.21. The minimum atomic E-state index is -0.113. The van der Waals surface area contributed by atoms with Gasteiger partial charge >= 0.3 is 0 Å². The van der Waals surface area contributed by atoms with Crippen LogP contribution in [-0.4, -0.2) is 49.0 Å². The van der Waals surface area contributed by atoms with Gasteiger partial charge in [-0.25, -0.2) is 4.98 Å². The van der Waals surface area contributed by atoms with E-state index < -0.39 is 0 Å². The number of aliphatic hydroxyl groups is 1. The molecule has 1 aliphatic heterocycles. The average molecular weight is 279 g/mol. The monoisotopic (exact) mass is 279 g/mol. The van der Waals surface area contributed by atoms with Gasteiger partial charge in [-0.15, -0.1) is 0 Å². The number of ether oxygens (including phenoxy) is 1. The van der Waals surface area contributed by atoms with Gasteiger partial charge in [0.1, 0.15) is 5.82 Å². The maximum absolute atomic E-state index is 9.27. The third kappa shape index (κ3) is 3.69. The molecule has 2 unspecified atom stereocenters. The summed E-state index contributed by atoms with van der Waals surface area (Å²) in [5, 5.41) is 12.8. The highest BCUT2D eigenvalue weighted by atomic mass is 16.5. The Bertz CT molecular complexity index is 414. The second-order valence-corrected chi connectivity index (χ2v) is 5.21. The molecule has 0 radical (unpaired) electrons. The Morgan fingerprint density at radius 1 is 1.60 bits per heavy atom. The summed E-state index contributed by atoms with van der Waals surface area (Å²) >= 11 is 0. The Morgan fingerprint density at radius 2 is 2.45 bits per heavy atom. The summed E-state index contributed by atoms with van der Waals surface area (Å²) < 4.78 is 5.51. The number of aliphatic hydroxyl groups excluding tert-OH is 1. The molecular weight excluding hydrogens is 254 g/mol. The summed E-state index contributed by atoms with van der Waals surface area (Å²) in [6.07, 6.45) is 2.83. The van der Waals surface area contributed by atoms with Crippen molar-refractivity contribution < 1.29 is 9.84 Å². The van der Waals surface area contributed by atoms with Crippen LogP contribution in [0, 0.1) is 0 Å². The van der Waals surface area contributed by atoms with Gasteiger partial charge in [0.2, 0.25) is 0 Å². The lowest BCUT2D eigenvalue weighted by molar-refractivity contribution is 0.00330. The summed E-state index contributed by atoms with van der Waals surface area (Å²) in [5.41, 5.74) is 1.21. The molecule has 2 rings (SSSR count). The van der Waals surface area contributed by atoms with Crippen molar-refractivity contribution >= 4 is 5.82 Å². The van der Waals surface area contributed by atoms with Gasteiger partial charge in [0, 0.05) is 30.9 Å². The molecule has 2 atom stereocenters. The van der Waals surface area contributed by atoms with Crippen LogP contribution >= 0.6 is 0 Å². The van der Waals surface area contributed by atoms with Crippen molar-refractivity contribution in [3.63, 3.8) is 0 Å². The summed E-state index contributed by atoms with van der Waals surface area (Å²) in [7, 11) is 0. The number of hydrogen-bond donors (Lipinski definition) is 2. The number of anilines is 1. The molecule has 1 saturated heterocycles. The smallest absolute Gasteiger partial charge is 0.133 e. The summed E-state index contributed by atoms with van der Waals surface area (Å²) in [6.45, 7) is 7.54. The van der Waals surface area contributed by atoms with Gasteiger partial charge < -0.3 is 20.1 Å². The molecule has 0 spiro atoms. The SMILES string of the molecule is CCCNC(C)c1cccnc1N1CCOC(CO)C1. The molecule has 1 aromatic rings. The summed E-state index contributed by atoms with van der Waals surface area (Å²) in [4.78, 5) is 6.76. The average Bonchev–Trinajstić information content (AvgIpc) is 2.52. The zero-order valence-electron chi connectivity index (χ0n) is 12.4. The molecule has 0 bridgehead atoms. The predicted molar refractivity (Wildman–Crippen MR) is 80.0 cm³/mol. The normalized spacial score (nSPS) is 20.9. The molecule has 0 aliphatic carbocycles. The zero-order valence-corrected chi connectivity index (χ0v) is 12.4. The first-order chi connectivity index (χ1) is 9.76. The number of rotatable bonds is 6. The third-order valence-corrected chi connectivity index (χ3v) is 3.63. The number of nitrogens with one attached hydrogen (secondary N) is 1. The molecule has 5 heteroatoms. The van der Waals surface area contributed by atoms with Crippen LogP contribution in [0.4, 0.5) is 5.82 Å². The van der Waals surface area contributed by atoms with E-state index in [1.54, 1.807) is 0 Å². The van der Waals surface area contributed by atoms with Crippen LogP contribution < -0.4 is 10.2 Å². The van der Waals surface area contributed by atoms with E-state index in [9.17, 15) is 5.11 Å². The highest BCUT2D eigenvalue weighted by Gasteiger charge is 2.23. The fraction of sp³-hybridized carbons (Fsp3) is 0.667. The highest BCUT2D eigenvalue weighted by Crippen LogP contribution is 2.25. The topological polar surface area (TPSA) is 57.6 Å². The van der Waals surface area contributed by atoms with Crippen molar-refractivity contribution in [1.82, 2.24) is 10.3 Å². The van der Waals surface area contributed by atoms with Crippen LogP contribution in [0.15, 0.2) is 18.3 Å². The van der Waals surface area contributed by atoms with Gasteiger partial charge in [0.15, 0.2) is 0 Å². The molecule has 2 N–H and O–H groups in total. The van der Waals surface area contributed by atoms with Crippen molar-refractivity contribution in [2.45, 2.75) is 32.4 Å². The molecule has 0 saturated carbocycles. The third-order valence-electron chi connectivity index (χ3n) is 3.63. The van der Waals surface area contributed by atoms with Gasteiger partial charge in [-0.2, -0.15) is 0 Å². The molecule has 112 valence electrons. The Kier molecular flexibility index (Phi) is 5.76. The van der Waals surface area contributed by atoms with E-state index in [0.29, 0.717) is 13.2 Å². The van der Waals surface area contributed by atoms with Crippen LogP contribution in [0.2, 0.25) is 0 Å². The van der Waals surface area contributed by atoms with Crippen molar-refractivity contribution in [2.75, 3.05) is 37.7 Å². The first-order valence-corrected chi connectivity index (χ1v) is 7.42. The van der Waals surface area contributed by atoms with Crippen molar-refractivity contribution in [2.24, 2.45) is 0 Å². The largest absolute Gasteiger partial charge is 0.394 e. The van der Waals surface area contributed by atoms with Crippen LogP contribution in [0.1, 0.15) is 31.9 Å². The highest BCUT2D eigenvalue weighted by molar-refractivity contribution is 5.48. The molecule has 5 nitrogen and oxygen atoms in total. The number of pyridine rings is 1. The van der Waals surface area contributed by atoms with Gasteiger partial charge in [-0.05, 0) is 26.0 Å². The van der Waals surface area contributed by atoms with E-state index in [2.05, 4.69) is 35.1 Å². The van der Waals surface area contributed by atoms with Gasteiger partial charge in [-0.1, -0.05) is 13.0 Å². The van der Waals surface area contributed by atoms with Crippen molar-refractivity contribution in [3.05, 3.63) is 23.9 Å². The first-order valence-electron chi connectivity index (χ1n) is 7.42. The molecule has 1 aromatic heterocycles. The van der Waals surface area contributed by atoms with Crippen molar-refractivity contribution in [1.29, 1.82) is 0 Å². The number of aromatic nitrogens is 1. The molecule has 2 heterocycles. The quantitative estimate of drug-likeness (QED) is 0.823. The van der Waals surface area contributed by atoms with Gasteiger partial charge in [-0.3, -0.25) is 0 Å². The van der Waals surface area contributed by atoms with E-state index in [0.717, 1.165) is 25.3 Å². The summed E-state index contributed by atoms with van der Waals surface area (Å²) in [5.74, 6) is 1.00. The lowest BCUT2D eigenvalue weighted by Gasteiger charge is -2.34. The molecule has 1 fully saturated rings. The molecule has 20 heavy (non-hydrogen) atoms. The van der Waals surface area contributed by atoms with E-state index in [4.69, 9.17) is 4.74 Å². The summed E-state index contributed by atoms with van der Waals surface area (Å²) in [6, 6.07) is 4.38. The van der Waals surface area contributed by atoms with Crippen LogP contribution in [0.25, 0.3) is 0 Å². The minimum Gasteiger partial charge on any atom is -0.394 e. The molecular formula is C15H25N3O2. The van der Waals surface area contributed by atoms with E-state index in [1.165, 1.54) is 5.56 Å². The molecule has 1 aliphatic rings. The molecule has 0 aromatic carbocycles. The zero-order chi connectivity index (χ0) is 14.4. The predicted octanol–water partition coefficient (Wildman–Crippen LogP) is 1.34. The maximum atomic E-state index is 9.27. The van der Waals surface area contributed by atoms with Gasteiger partial charge in [0.25, 0.3) is 0 Å². The Morgan fingerprint density at radius 3 is 3.20 bits per heavy atom. The van der Waals surface area contributed by atoms with Crippen LogP contribution in [-0.2, 0) is 4.74 Å². The number of nitrogens with zero attached hydrogens (tertiary/aromatic N) is 2. The van der Waals surface area contributed by atoms with Crippen LogP contribution in [0.5, 0.6) is 0 Å². The van der Waals surface area contributed by atoms with E-state index in [-0.39, 0.29) is 18.8 Å². The maximum Gasteiger partial charge on any atom is 0.133 e. The Balaban J connectivity index is 2.14. The van der Waals surface area contributed by atoms with Crippen molar-refractivity contribution in [3.8, 4) is 0 Å². The second kappa shape index (κ2) is 7.57. The lowest BCUT2D eigenvalue weighted by atomic mass is 10.1.